The minimum Gasteiger partial charge on any atom is -0.481 e. The summed E-state index contributed by atoms with van der Waals surface area (Å²) in [7, 11) is 0. The molecule has 5 heteroatoms. The number of aliphatic carboxylic acids is 1. The Kier molecular flexibility index (Phi) is 4.27. The van der Waals surface area contributed by atoms with Gasteiger partial charge in [0.15, 0.2) is 0 Å². The van der Waals surface area contributed by atoms with Crippen molar-refractivity contribution in [3.05, 3.63) is 35.9 Å². The number of nitrogens with zero attached hydrogens (tertiary/aromatic N) is 1. The number of hydrogen-bond donors (Lipinski definition) is 1. The van der Waals surface area contributed by atoms with Crippen molar-refractivity contribution in [1.82, 2.24) is 4.90 Å². The molecule has 0 bridgehead atoms. The van der Waals surface area contributed by atoms with Crippen molar-refractivity contribution < 1.29 is 19.4 Å². The van der Waals surface area contributed by atoms with Crippen LogP contribution in [0.5, 0.6) is 0 Å². The molecule has 0 saturated carbocycles. The van der Waals surface area contributed by atoms with Crippen LogP contribution in [0.25, 0.3) is 0 Å². The highest BCUT2D eigenvalue weighted by Crippen LogP contribution is 2.34. The largest absolute Gasteiger partial charge is 0.481 e. The molecule has 1 aromatic rings. The van der Waals surface area contributed by atoms with Crippen LogP contribution in [0.1, 0.15) is 25.3 Å². The molecular formula is C15H19NO4. The molecule has 1 unspecified atom stereocenters. The number of amides is 1. The molecule has 1 aliphatic rings. The molecule has 20 heavy (non-hydrogen) atoms. The Labute approximate surface area is 118 Å². The summed E-state index contributed by atoms with van der Waals surface area (Å²) < 4.78 is 5.22. The van der Waals surface area contributed by atoms with Crippen molar-refractivity contribution in [2.24, 2.45) is 5.41 Å². The van der Waals surface area contributed by atoms with Gasteiger partial charge in [-0.05, 0) is 18.4 Å². The third-order valence-corrected chi connectivity index (χ3v) is 3.95. The van der Waals surface area contributed by atoms with Crippen molar-refractivity contribution in [2.75, 3.05) is 13.1 Å². The van der Waals surface area contributed by atoms with E-state index in [0.717, 1.165) is 5.56 Å². The minimum atomic E-state index is -0.835. The second-order valence-electron chi connectivity index (χ2n) is 5.15. The molecule has 1 aliphatic heterocycles. The molecule has 0 aliphatic carbocycles. The Morgan fingerprint density at radius 2 is 2.05 bits per heavy atom. The van der Waals surface area contributed by atoms with Gasteiger partial charge in [0, 0.05) is 13.1 Å². The van der Waals surface area contributed by atoms with E-state index in [4.69, 9.17) is 4.74 Å². The maximum Gasteiger partial charge on any atom is 0.410 e. The summed E-state index contributed by atoms with van der Waals surface area (Å²) in [5.41, 5.74) is 0.103. The monoisotopic (exact) mass is 277 g/mol. The van der Waals surface area contributed by atoms with Gasteiger partial charge in [-0.3, -0.25) is 4.79 Å². The number of ether oxygens (including phenoxy) is 1. The summed E-state index contributed by atoms with van der Waals surface area (Å²) in [5, 5.41) is 9.29. The lowest BCUT2D eigenvalue weighted by Crippen LogP contribution is -2.36. The fourth-order valence-electron chi connectivity index (χ4n) is 2.45. The predicted octanol–water partition coefficient (Wildman–Crippen LogP) is 2.51. The summed E-state index contributed by atoms with van der Waals surface area (Å²) in [4.78, 5) is 24.8. The van der Waals surface area contributed by atoms with Crippen LogP contribution >= 0.6 is 0 Å². The van der Waals surface area contributed by atoms with Crippen molar-refractivity contribution in [1.29, 1.82) is 0 Å². The second kappa shape index (κ2) is 5.94. The van der Waals surface area contributed by atoms with Gasteiger partial charge < -0.3 is 14.7 Å². The van der Waals surface area contributed by atoms with E-state index in [0.29, 0.717) is 19.4 Å². The zero-order valence-electron chi connectivity index (χ0n) is 11.5. The summed E-state index contributed by atoms with van der Waals surface area (Å²) >= 11 is 0. The van der Waals surface area contributed by atoms with Crippen molar-refractivity contribution in [3.8, 4) is 0 Å². The summed E-state index contributed by atoms with van der Waals surface area (Å²) in [5.74, 6) is -0.835. The van der Waals surface area contributed by atoms with E-state index in [1.165, 1.54) is 4.90 Å². The average molecular weight is 277 g/mol. The molecule has 0 spiro atoms. The SMILES string of the molecule is CCC1(C(=O)O)CCN(C(=O)OCc2ccccc2)C1. The normalized spacial score (nSPS) is 21.8. The Hall–Kier alpha value is -2.04. The van der Waals surface area contributed by atoms with Crippen LogP contribution in [0.2, 0.25) is 0 Å². The highest BCUT2D eigenvalue weighted by molar-refractivity contribution is 5.77. The fraction of sp³-hybridized carbons (Fsp3) is 0.467. The standard InChI is InChI=1S/C15H19NO4/c1-2-15(13(17)18)8-9-16(11-15)14(19)20-10-12-6-4-3-5-7-12/h3-7H,2,8-11H2,1H3,(H,17,18). The maximum atomic E-state index is 12.0. The second-order valence-corrected chi connectivity index (χ2v) is 5.15. The molecule has 1 aromatic carbocycles. The Morgan fingerprint density at radius 3 is 2.60 bits per heavy atom. The first-order valence-electron chi connectivity index (χ1n) is 6.76. The van der Waals surface area contributed by atoms with Gasteiger partial charge in [-0.15, -0.1) is 0 Å². The highest BCUT2D eigenvalue weighted by Gasteiger charge is 2.45. The predicted molar refractivity (Wildman–Crippen MR) is 73.2 cm³/mol. The van der Waals surface area contributed by atoms with Crippen LogP contribution in [0.15, 0.2) is 30.3 Å². The van der Waals surface area contributed by atoms with E-state index in [1.807, 2.05) is 37.3 Å². The van der Waals surface area contributed by atoms with E-state index < -0.39 is 17.5 Å². The van der Waals surface area contributed by atoms with Crippen LogP contribution in [0.3, 0.4) is 0 Å². The maximum absolute atomic E-state index is 12.0. The molecule has 2 rings (SSSR count). The van der Waals surface area contributed by atoms with E-state index >= 15 is 0 Å². The zero-order valence-corrected chi connectivity index (χ0v) is 11.5. The van der Waals surface area contributed by atoms with Gasteiger partial charge in [0.25, 0.3) is 0 Å². The molecule has 108 valence electrons. The van der Waals surface area contributed by atoms with Gasteiger partial charge in [-0.2, -0.15) is 0 Å². The summed E-state index contributed by atoms with van der Waals surface area (Å²) in [6, 6.07) is 9.42. The molecule has 1 saturated heterocycles. The van der Waals surface area contributed by atoms with Crippen LogP contribution in [-0.4, -0.2) is 35.2 Å². The number of carbonyl (C=O) groups is 2. The van der Waals surface area contributed by atoms with Gasteiger partial charge in [0.2, 0.25) is 0 Å². The number of carbonyl (C=O) groups excluding carboxylic acids is 1. The number of benzene rings is 1. The van der Waals surface area contributed by atoms with E-state index in [2.05, 4.69) is 0 Å². The first kappa shape index (κ1) is 14.4. The van der Waals surface area contributed by atoms with E-state index in [-0.39, 0.29) is 13.2 Å². The lowest BCUT2D eigenvalue weighted by Gasteiger charge is -2.22. The van der Waals surface area contributed by atoms with Gasteiger partial charge in [-0.1, -0.05) is 37.3 Å². The highest BCUT2D eigenvalue weighted by atomic mass is 16.6. The van der Waals surface area contributed by atoms with Crippen LogP contribution in [0, 0.1) is 5.41 Å². The Morgan fingerprint density at radius 1 is 1.35 bits per heavy atom. The number of carboxylic acids is 1. The molecule has 1 heterocycles. The third kappa shape index (κ3) is 2.92. The summed E-state index contributed by atoms with van der Waals surface area (Å²) in [6.07, 6.45) is 0.565. The topological polar surface area (TPSA) is 66.8 Å². The van der Waals surface area contributed by atoms with Crippen LogP contribution in [-0.2, 0) is 16.1 Å². The van der Waals surface area contributed by atoms with Crippen LogP contribution < -0.4 is 0 Å². The number of carboxylic acid groups (broad SMARTS) is 1. The quantitative estimate of drug-likeness (QED) is 0.918. The lowest BCUT2D eigenvalue weighted by molar-refractivity contribution is -0.148. The molecule has 5 nitrogen and oxygen atoms in total. The molecule has 1 N–H and O–H groups in total. The van der Waals surface area contributed by atoms with Crippen molar-refractivity contribution >= 4 is 12.1 Å². The molecule has 1 atom stereocenters. The molecule has 0 radical (unpaired) electrons. The average Bonchev–Trinajstić information content (AvgIpc) is 2.92. The molecule has 1 fully saturated rings. The van der Waals surface area contributed by atoms with Gasteiger partial charge in [-0.25, -0.2) is 4.79 Å². The smallest absolute Gasteiger partial charge is 0.410 e. The van der Waals surface area contributed by atoms with Crippen molar-refractivity contribution in [3.63, 3.8) is 0 Å². The van der Waals surface area contributed by atoms with E-state index in [9.17, 15) is 14.7 Å². The minimum absolute atomic E-state index is 0.211. The van der Waals surface area contributed by atoms with Gasteiger partial charge in [0.1, 0.15) is 6.61 Å². The zero-order chi connectivity index (χ0) is 14.6. The first-order chi connectivity index (χ1) is 9.57. The Bertz CT molecular complexity index is 488. The van der Waals surface area contributed by atoms with Crippen molar-refractivity contribution in [2.45, 2.75) is 26.4 Å². The number of hydrogen-bond acceptors (Lipinski definition) is 3. The lowest BCUT2D eigenvalue weighted by atomic mass is 9.84. The number of rotatable bonds is 4. The van der Waals surface area contributed by atoms with Crippen LogP contribution in [0.4, 0.5) is 4.79 Å². The fourth-order valence-corrected chi connectivity index (χ4v) is 2.45. The molecular weight excluding hydrogens is 258 g/mol. The first-order valence-corrected chi connectivity index (χ1v) is 6.76. The number of likely N-dealkylation sites (tertiary alicyclic amines) is 1. The van der Waals surface area contributed by atoms with Gasteiger partial charge >= 0.3 is 12.1 Å². The van der Waals surface area contributed by atoms with E-state index in [1.54, 1.807) is 0 Å². The third-order valence-electron chi connectivity index (χ3n) is 3.95. The van der Waals surface area contributed by atoms with Gasteiger partial charge in [0.05, 0.1) is 5.41 Å². The summed E-state index contributed by atoms with van der Waals surface area (Å²) in [6.45, 7) is 2.72. The molecule has 1 amide bonds. The Balaban J connectivity index is 1.90. The molecule has 0 aromatic heterocycles.